The molecule has 1 heterocycles. The van der Waals surface area contributed by atoms with Crippen molar-refractivity contribution in [3.05, 3.63) is 89.7 Å². The highest BCUT2D eigenvalue weighted by atomic mass is 31.2. The van der Waals surface area contributed by atoms with E-state index in [-0.39, 0.29) is 24.9 Å². The summed E-state index contributed by atoms with van der Waals surface area (Å²) in [6.07, 6.45) is 0. The fraction of sp³-hybridized carbons (Fsp3) is 0.160. The normalized spacial score (nSPS) is 14.6. The average Bonchev–Trinajstić information content (AvgIpc) is 3.14. The minimum Gasteiger partial charge on any atom is -0.354 e. The Labute approximate surface area is 192 Å². The molecule has 3 aromatic carbocycles. The van der Waals surface area contributed by atoms with Gasteiger partial charge in [-0.3, -0.25) is 9.36 Å². The first-order valence-electron chi connectivity index (χ1n) is 10.6. The number of nitrogens with one attached hydrogen (secondary N) is 2. The van der Waals surface area contributed by atoms with Crippen LogP contribution in [0.5, 0.6) is 0 Å². The van der Waals surface area contributed by atoms with Gasteiger partial charge in [0.15, 0.2) is 0 Å². The number of halogens is 1. The lowest BCUT2D eigenvalue weighted by molar-refractivity contribution is -0.110. The third-order valence-electron chi connectivity index (χ3n) is 5.09. The number of benzene rings is 3. The molecule has 0 bridgehead atoms. The van der Waals surface area contributed by atoms with E-state index in [9.17, 15) is 13.8 Å². The standard InChI is InChI=1S/C25H24FN2O4P/c1-3-31-33(30,32-4-2)20-14-15-22-21(16-20)23(25(29)28-22)24(17-8-6-5-7-9-17)27-19-12-10-18(26)11-13-19/h5-16,27H,3-4H2,1-2H3,(H,28,29)/b24-23-. The number of hydrogen-bond donors (Lipinski definition) is 2. The van der Waals surface area contributed by atoms with E-state index >= 15 is 0 Å². The van der Waals surface area contributed by atoms with Crippen molar-refractivity contribution in [2.75, 3.05) is 23.8 Å². The predicted molar refractivity (Wildman–Crippen MR) is 129 cm³/mol. The molecule has 0 fully saturated rings. The maximum absolute atomic E-state index is 13.4. The third kappa shape index (κ3) is 4.76. The van der Waals surface area contributed by atoms with Gasteiger partial charge in [0.2, 0.25) is 0 Å². The molecule has 2 N–H and O–H groups in total. The maximum Gasteiger partial charge on any atom is 0.361 e. The van der Waals surface area contributed by atoms with E-state index < -0.39 is 7.60 Å². The zero-order valence-electron chi connectivity index (χ0n) is 18.3. The molecule has 0 saturated heterocycles. The highest BCUT2D eigenvalue weighted by Crippen LogP contribution is 2.48. The van der Waals surface area contributed by atoms with Gasteiger partial charge in [-0.25, -0.2) is 4.39 Å². The van der Waals surface area contributed by atoms with E-state index in [4.69, 9.17) is 9.05 Å². The molecule has 0 atom stereocenters. The fourth-order valence-electron chi connectivity index (χ4n) is 3.66. The van der Waals surface area contributed by atoms with Crippen LogP contribution in [-0.4, -0.2) is 19.1 Å². The van der Waals surface area contributed by atoms with Crippen LogP contribution in [0.2, 0.25) is 0 Å². The van der Waals surface area contributed by atoms with Gasteiger partial charge < -0.3 is 19.7 Å². The van der Waals surface area contributed by atoms with Crippen molar-refractivity contribution >= 4 is 41.5 Å². The number of carbonyl (C=O) groups excluding carboxylic acids is 1. The van der Waals surface area contributed by atoms with E-state index in [1.165, 1.54) is 12.1 Å². The number of carbonyl (C=O) groups is 1. The van der Waals surface area contributed by atoms with Gasteiger partial charge in [0.05, 0.1) is 29.8 Å². The molecule has 33 heavy (non-hydrogen) atoms. The summed E-state index contributed by atoms with van der Waals surface area (Å²) in [5, 5.41) is 6.50. The van der Waals surface area contributed by atoms with Crippen molar-refractivity contribution in [2.24, 2.45) is 0 Å². The summed E-state index contributed by atoms with van der Waals surface area (Å²) in [4.78, 5) is 13.1. The summed E-state index contributed by atoms with van der Waals surface area (Å²) in [6, 6.07) is 20.3. The molecule has 1 amide bonds. The van der Waals surface area contributed by atoms with Gasteiger partial charge in [0.25, 0.3) is 5.91 Å². The first-order chi connectivity index (χ1) is 15.9. The van der Waals surface area contributed by atoms with Crippen LogP contribution < -0.4 is 15.9 Å². The molecule has 1 aliphatic heterocycles. The molecule has 0 unspecified atom stereocenters. The number of anilines is 2. The van der Waals surface area contributed by atoms with Gasteiger partial charge in [-0.2, -0.15) is 0 Å². The molecule has 4 rings (SSSR count). The van der Waals surface area contributed by atoms with Crippen molar-refractivity contribution in [3.63, 3.8) is 0 Å². The lowest BCUT2D eigenvalue weighted by atomic mass is 10.00. The molecule has 0 aromatic heterocycles. The van der Waals surface area contributed by atoms with E-state index in [0.717, 1.165) is 5.56 Å². The molecule has 0 radical (unpaired) electrons. The molecule has 3 aromatic rings. The van der Waals surface area contributed by atoms with E-state index in [1.54, 1.807) is 44.2 Å². The zero-order valence-corrected chi connectivity index (χ0v) is 19.2. The van der Waals surface area contributed by atoms with Crippen LogP contribution in [0.1, 0.15) is 25.0 Å². The minimum atomic E-state index is -3.55. The third-order valence-corrected chi connectivity index (χ3v) is 7.19. The monoisotopic (exact) mass is 466 g/mol. The summed E-state index contributed by atoms with van der Waals surface area (Å²) in [7, 11) is -3.55. The SMILES string of the molecule is CCOP(=O)(OCC)c1ccc2c(c1)/C(=C(/Nc1ccc(F)cc1)c1ccccc1)C(=O)N2. The van der Waals surface area contributed by atoms with Crippen LogP contribution in [0.15, 0.2) is 72.8 Å². The van der Waals surface area contributed by atoms with Crippen LogP contribution in [0.3, 0.4) is 0 Å². The van der Waals surface area contributed by atoms with Gasteiger partial charge in [-0.1, -0.05) is 30.3 Å². The fourth-order valence-corrected chi connectivity index (χ4v) is 5.26. The van der Waals surface area contributed by atoms with Crippen molar-refractivity contribution in [1.29, 1.82) is 0 Å². The Morgan fingerprint density at radius 1 is 0.970 bits per heavy atom. The van der Waals surface area contributed by atoms with Gasteiger partial charge in [-0.05, 0) is 61.9 Å². The summed E-state index contributed by atoms with van der Waals surface area (Å²) < 4.78 is 37.8. The maximum atomic E-state index is 13.4. The lowest BCUT2D eigenvalue weighted by Crippen LogP contribution is -2.12. The number of rotatable bonds is 8. The summed E-state index contributed by atoms with van der Waals surface area (Å²) in [6.45, 7) is 3.93. The Morgan fingerprint density at radius 3 is 2.27 bits per heavy atom. The Kier molecular flexibility index (Phi) is 6.75. The Balaban J connectivity index is 1.89. The molecular formula is C25H24FN2O4P. The summed E-state index contributed by atoms with van der Waals surface area (Å²) in [5.41, 5.74) is 3.47. The lowest BCUT2D eigenvalue weighted by Gasteiger charge is -2.18. The summed E-state index contributed by atoms with van der Waals surface area (Å²) >= 11 is 0. The van der Waals surface area contributed by atoms with Crippen LogP contribution >= 0.6 is 7.60 Å². The Bertz CT molecular complexity index is 1230. The molecular weight excluding hydrogens is 442 g/mol. The van der Waals surface area contributed by atoms with Crippen LogP contribution in [0.25, 0.3) is 11.3 Å². The van der Waals surface area contributed by atoms with Crippen LogP contribution in [0.4, 0.5) is 15.8 Å². The molecule has 170 valence electrons. The topological polar surface area (TPSA) is 76.7 Å². The summed E-state index contributed by atoms with van der Waals surface area (Å²) in [5.74, 6) is -0.663. The van der Waals surface area contributed by atoms with Crippen molar-refractivity contribution in [2.45, 2.75) is 13.8 Å². The second-order valence-electron chi connectivity index (χ2n) is 7.26. The highest BCUT2D eigenvalue weighted by molar-refractivity contribution is 7.62. The van der Waals surface area contributed by atoms with Crippen LogP contribution in [0, 0.1) is 5.82 Å². The average molecular weight is 466 g/mol. The highest BCUT2D eigenvalue weighted by Gasteiger charge is 2.33. The zero-order chi connectivity index (χ0) is 23.4. The van der Waals surface area contributed by atoms with E-state index in [1.807, 2.05) is 30.3 Å². The van der Waals surface area contributed by atoms with E-state index in [2.05, 4.69) is 10.6 Å². The van der Waals surface area contributed by atoms with Gasteiger partial charge in [0.1, 0.15) is 5.82 Å². The first-order valence-corrected chi connectivity index (χ1v) is 12.2. The Hall–Kier alpha value is -3.25. The smallest absolute Gasteiger partial charge is 0.354 e. The molecule has 0 aliphatic carbocycles. The van der Waals surface area contributed by atoms with Crippen molar-refractivity contribution < 1.29 is 22.8 Å². The van der Waals surface area contributed by atoms with Crippen molar-refractivity contribution in [3.8, 4) is 0 Å². The van der Waals surface area contributed by atoms with Crippen molar-refractivity contribution in [1.82, 2.24) is 0 Å². The number of amides is 1. The quantitative estimate of drug-likeness (QED) is 0.331. The molecule has 8 heteroatoms. The van der Waals surface area contributed by atoms with Gasteiger partial charge in [0, 0.05) is 16.9 Å². The van der Waals surface area contributed by atoms with Gasteiger partial charge >= 0.3 is 7.60 Å². The first kappa shape index (κ1) is 22.9. The largest absolute Gasteiger partial charge is 0.361 e. The molecule has 6 nitrogen and oxygen atoms in total. The second kappa shape index (κ2) is 9.71. The van der Waals surface area contributed by atoms with Crippen LogP contribution in [-0.2, 0) is 18.4 Å². The van der Waals surface area contributed by atoms with E-state index in [0.29, 0.717) is 33.5 Å². The molecule has 0 spiro atoms. The molecule has 0 saturated carbocycles. The molecule has 1 aliphatic rings. The van der Waals surface area contributed by atoms with Gasteiger partial charge in [-0.15, -0.1) is 0 Å². The predicted octanol–water partition coefficient (Wildman–Crippen LogP) is 5.65. The Morgan fingerprint density at radius 2 is 1.64 bits per heavy atom. The second-order valence-corrected chi connectivity index (χ2v) is 9.29. The number of fused-ring (bicyclic) bond motifs is 1. The minimum absolute atomic E-state index is 0.218. The number of hydrogen-bond acceptors (Lipinski definition) is 5.